The number of halogens is 1. The number of anilines is 1. The van der Waals surface area contributed by atoms with E-state index in [0.717, 1.165) is 18.4 Å². The molecular weight excluding hydrogens is 276 g/mol. The van der Waals surface area contributed by atoms with Gasteiger partial charge in [-0.25, -0.2) is 4.98 Å². The minimum Gasteiger partial charge on any atom is -0.363 e. The molecule has 1 fully saturated rings. The summed E-state index contributed by atoms with van der Waals surface area (Å²) in [6.07, 6.45) is 4.72. The average Bonchev–Trinajstić information content (AvgIpc) is 2.37. The first kappa shape index (κ1) is 13.4. The molecule has 0 radical (unpaired) electrons. The van der Waals surface area contributed by atoms with Crippen LogP contribution in [0.4, 0.5) is 11.5 Å². The zero-order valence-electron chi connectivity index (χ0n) is 9.63. The second kappa shape index (κ2) is 6.19. The van der Waals surface area contributed by atoms with Crippen molar-refractivity contribution in [1.29, 1.82) is 0 Å². The number of nitrogens with zero attached hydrogens (tertiary/aromatic N) is 3. The molecule has 1 aromatic heterocycles. The van der Waals surface area contributed by atoms with E-state index in [1.54, 1.807) is 0 Å². The van der Waals surface area contributed by atoms with Gasteiger partial charge >= 0.3 is 5.69 Å². The Labute approximate surface area is 114 Å². The van der Waals surface area contributed by atoms with Crippen molar-refractivity contribution in [3.05, 3.63) is 21.6 Å². The Balaban J connectivity index is 2.03. The Morgan fingerprint density at radius 3 is 3.11 bits per heavy atom. The SMILES string of the molecule is O=[N+]([O-])c1cnc(Cl)nc1NCC1CCCCS1. The van der Waals surface area contributed by atoms with E-state index >= 15 is 0 Å². The molecule has 18 heavy (non-hydrogen) atoms. The molecule has 0 aromatic carbocycles. The lowest BCUT2D eigenvalue weighted by molar-refractivity contribution is -0.384. The number of hydrogen-bond donors (Lipinski definition) is 1. The smallest absolute Gasteiger partial charge is 0.329 e. The molecule has 1 aliphatic heterocycles. The maximum Gasteiger partial charge on any atom is 0.329 e. The Bertz CT molecular complexity index is 440. The van der Waals surface area contributed by atoms with E-state index in [-0.39, 0.29) is 16.8 Å². The zero-order chi connectivity index (χ0) is 13.0. The van der Waals surface area contributed by atoms with Crippen LogP contribution in [0.3, 0.4) is 0 Å². The van der Waals surface area contributed by atoms with Gasteiger partial charge in [0.25, 0.3) is 0 Å². The number of hydrogen-bond acceptors (Lipinski definition) is 6. The van der Waals surface area contributed by atoms with Crippen molar-refractivity contribution in [2.45, 2.75) is 24.5 Å². The molecule has 0 saturated carbocycles. The maximum absolute atomic E-state index is 10.8. The summed E-state index contributed by atoms with van der Waals surface area (Å²) in [7, 11) is 0. The van der Waals surface area contributed by atoms with E-state index in [2.05, 4.69) is 15.3 Å². The van der Waals surface area contributed by atoms with Crippen LogP contribution in [0.15, 0.2) is 6.20 Å². The molecule has 0 amide bonds. The van der Waals surface area contributed by atoms with Crippen LogP contribution >= 0.6 is 23.4 Å². The van der Waals surface area contributed by atoms with E-state index in [1.165, 1.54) is 12.8 Å². The topological polar surface area (TPSA) is 81.0 Å². The monoisotopic (exact) mass is 288 g/mol. The van der Waals surface area contributed by atoms with Crippen LogP contribution in [-0.4, -0.2) is 32.4 Å². The van der Waals surface area contributed by atoms with Crippen molar-refractivity contribution >= 4 is 34.9 Å². The van der Waals surface area contributed by atoms with E-state index in [4.69, 9.17) is 11.6 Å². The van der Waals surface area contributed by atoms with Crippen LogP contribution in [0.2, 0.25) is 5.28 Å². The highest BCUT2D eigenvalue weighted by Gasteiger charge is 2.19. The van der Waals surface area contributed by atoms with Gasteiger partial charge in [0.2, 0.25) is 11.1 Å². The molecular formula is C10H13ClN4O2S. The summed E-state index contributed by atoms with van der Waals surface area (Å²) < 4.78 is 0. The second-order valence-corrected chi connectivity index (χ2v) is 5.75. The van der Waals surface area contributed by atoms with Crippen molar-refractivity contribution in [2.24, 2.45) is 0 Å². The third-order valence-electron chi connectivity index (χ3n) is 2.71. The third kappa shape index (κ3) is 3.46. The van der Waals surface area contributed by atoms with Gasteiger partial charge < -0.3 is 5.32 Å². The normalized spacial score (nSPS) is 19.5. The second-order valence-electron chi connectivity index (χ2n) is 4.00. The van der Waals surface area contributed by atoms with Crippen molar-refractivity contribution < 1.29 is 4.92 Å². The summed E-state index contributed by atoms with van der Waals surface area (Å²) >= 11 is 7.55. The first-order valence-electron chi connectivity index (χ1n) is 5.69. The lowest BCUT2D eigenvalue weighted by Gasteiger charge is -2.21. The molecule has 2 rings (SSSR count). The highest BCUT2D eigenvalue weighted by molar-refractivity contribution is 7.99. The summed E-state index contributed by atoms with van der Waals surface area (Å²) in [6.45, 7) is 0.666. The van der Waals surface area contributed by atoms with Crippen LogP contribution in [0.5, 0.6) is 0 Å². The van der Waals surface area contributed by atoms with Gasteiger partial charge in [-0.2, -0.15) is 16.7 Å². The lowest BCUT2D eigenvalue weighted by atomic mass is 10.2. The number of nitrogens with one attached hydrogen (secondary N) is 1. The van der Waals surface area contributed by atoms with Gasteiger partial charge in [-0.15, -0.1) is 0 Å². The zero-order valence-corrected chi connectivity index (χ0v) is 11.2. The largest absolute Gasteiger partial charge is 0.363 e. The van der Waals surface area contributed by atoms with Crippen LogP contribution in [0, 0.1) is 10.1 Å². The first-order valence-corrected chi connectivity index (χ1v) is 7.12. The van der Waals surface area contributed by atoms with Gasteiger partial charge in [-0.05, 0) is 30.2 Å². The quantitative estimate of drug-likeness (QED) is 0.521. The summed E-state index contributed by atoms with van der Waals surface area (Å²) in [5.74, 6) is 1.35. The van der Waals surface area contributed by atoms with Crippen LogP contribution in [0.1, 0.15) is 19.3 Å². The Morgan fingerprint density at radius 2 is 2.44 bits per heavy atom. The fourth-order valence-corrected chi connectivity index (χ4v) is 3.17. The van der Waals surface area contributed by atoms with Gasteiger partial charge in [0.1, 0.15) is 6.20 Å². The fourth-order valence-electron chi connectivity index (χ4n) is 1.80. The highest BCUT2D eigenvalue weighted by Crippen LogP contribution is 2.27. The molecule has 2 heterocycles. The summed E-state index contributed by atoms with van der Waals surface area (Å²) in [5.41, 5.74) is -0.139. The van der Waals surface area contributed by atoms with Gasteiger partial charge in [0, 0.05) is 11.8 Å². The van der Waals surface area contributed by atoms with Crippen molar-refractivity contribution in [3.63, 3.8) is 0 Å². The molecule has 98 valence electrons. The van der Waals surface area contributed by atoms with Crippen molar-refractivity contribution in [3.8, 4) is 0 Å². The average molecular weight is 289 g/mol. The van der Waals surface area contributed by atoms with Crippen molar-refractivity contribution in [2.75, 3.05) is 17.6 Å². The molecule has 1 atom stereocenters. The standard InChI is InChI=1S/C10H13ClN4O2S/c11-10-13-6-8(15(16)17)9(14-10)12-5-7-3-1-2-4-18-7/h6-7H,1-5H2,(H,12,13,14). The van der Waals surface area contributed by atoms with Crippen LogP contribution < -0.4 is 5.32 Å². The Hall–Kier alpha value is -1.08. The number of nitro groups is 1. The fraction of sp³-hybridized carbons (Fsp3) is 0.600. The number of thioether (sulfide) groups is 1. The molecule has 6 nitrogen and oxygen atoms in total. The number of rotatable bonds is 4. The molecule has 0 bridgehead atoms. The Kier molecular flexibility index (Phi) is 4.60. The highest BCUT2D eigenvalue weighted by atomic mass is 35.5. The van der Waals surface area contributed by atoms with E-state index < -0.39 is 4.92 Å². The molecule has 1 unspecified atom stereocenters. The minimum absolute atomic E-state index is 0.0133. The minimum atomic E-state index is -0.507. The molecule has 1 aliphatic rings. The lowest BCUT2D eigenvalue weighted by Crippen LogP contribution is -2.21. The van der Waals surface area contributed by atoms with Gasteiger partial charge in [0.15, 0.2) is 0 Å². The van der Waals surface area contributed by atoms with Gasteiger partial charge in [0.05, 0.1) is 4.92 Å². The predicted octanol–water partition coefficient (Wildman–Crippen LogP) is 2.74. The third-order valence-corrected chi connectivity index (χ3v) is 4.29. The molecule has 8 heteroatoms. The first-order chi connectivity index (χ1) is 8.66. The van der Waals surface area contributed by atoms with Crippen LogP contribution in [-0.2, 0) is 0 Å². The molecule has 1 aromatic rings. The van der Waals surface area contributed by atoms with Crippen molar-refractivity contribution in [1.82, 2.24) is 9.97 Å². The van der Waals surface area contributed by atoms with E-state index in [0.29, 0.717) is 11.8 Å². The summed E-state index contributed by atoms with van der Waals surface area (Å²) in [4.78, 5) is 17.8. The maximum atomic E-state index is 10.8. The summed E-state index contributed by atoms with van der Waals surface area (Å²) in [5, 5.41) is 14.3. The molecule has 1 N–H and O–H groups in total. The number of aromatic nitrogens is 2. The van der Waals surface area contributed by atoms with Crippen LogP contribution in [0.25, 0.3) is 0 Å². The molecule has 1 saturated heterocycles. The molecule has 0 spiro atoms. The van der Waals surface area contributed by atoms with Gasteiger partial charge in [-0.3, -0.25) is 10.1 Å². The van der Waals surface area contributed by atoms with Gasteiger partial charge in [-0.1, -0.05) is 6.42 Å². The van der Waals surface area contributed by atoms with E-state index in [1.807, 2.05) is 11.8 Å². The Morgan fingerprint density at radius 1 is 1.61 bits per heavy atom. The van der Waals surface area contributed by atoms with E-state index in [9.17, 15) is 10.1 Å². The summed E-state index contributed by atoms with van der Waals surface area (Å²) in [6, 6.07) is 0. The predicted molar refractivity (Wildman–Crippen MR) is 72.3 cm³/mol. The molecule has 0 aliphatic carbocycles.